The summed E-state index contributed by atoms with van der Waals surface area (Å²) in [7, 11) is 0. The van der Waals surface area contributed by atoms with Crippen LogP contribution in [-0.4, -0.2) is 16.2 Å². The van der Waals surface area contributed by atoms with Crippen LogP contribution < -0.4 is 5.73 Å². The van der Waals surface area contributed by atoms with E-state index in [0.717, 1.165) is 0 Å². The molecule has 76 valence electrons. The molecule has 0 aliphatic heterocycles. The summed E-state index contributed by atoms with van der Waals surface area (Å²) in [5.74, 6) is -0.833. The highest BCUT2D eigenvalue weighted by Gasteiger charge is 2.13. The summed E-state index contributed by atoms with van der Waals surface area (Å²) in [6.07, 6.45) is -0.136. The molecule has 0 aliphatic rings. The lowest BCUT2D eigenvalue weighted by molar-refractivity contribution is -0.137. The smallest absolute Gasteiger partial charge is 0.305 e. The van der Waals surface area contributed by atoms with E-state index in [-0.39, 0.29) is 12.2 Å². The van der Waals surface area contributed by atoms with E-state index in [9.17, 15) is 4.79 Å². The first-order valence-corrected chi connectivity index (χ1v) is 4.76. The molecule has 0 fully saturated rings. The number of hydrogen-bond acceptors (Lipinski definition) is 3. The zero-order valence-corrected chi connectivity index (χ0v) is 8.86. The minimum absolute atomic E-state index is 0.114. The Kier molecular flexibility index (Phi) is 3.49. The summed E-state index contributed by atoms with van der Waals surface area (Å²) in [5, 5.41) is 17.7. The highest BCUT2D eigenvalue weighted by atomic mass is 79.9. The van der Waals surface area contributed by atoms with Gasteiger partial charge in [0.25, 0.3) is 0 Å². The van der Waals surface area contributed by atoms with Crippen LogP contribution in [0.3, 0.4) is 0 Å². The molecule has 5 heteroatoms. The van der Waals surface area contributed by atoms with E-state index in [1.165, 1.54) is 12.1 Å². The summed E-state index contributed by atoms with van der Waals surface area (Å²) in [6.45, 7) is 0. The number of halogens is 1. The number of hydrogen-bond donors (Lipinski definition) is 3. The maximum Gasteiger partial charge on any atom is 0.305 e. The molecule has 1 rings (SSSR count). The largest absolute Gasteiger partial charge is 0.508 e. The number of rotatable bonds is 3. The van der Waals surface area contributed by atoms with E-state index >= 15 is 0 Å². The first kappa shape index (κ1) is 11.0. The van der Waals surface area contributed by atoms with Crippen molar-refractivity contribution in [2.45, 2.75) is 12.5 Å². The lowest BCUT2D eigenvalue weighted by atomic mass is 10.0. The standard InChI is InChI=1S/C9H10BrNO3/c10-7-3-5(12)1-2-6(7)8(11)4-9(13)14/h1-3,8,12H,4,11H2,(H,13,14)/t8-/m1/s1. The van der Waals surface area contributed by atoms with Gasteiger partial charge < -0.3 is 15.9 Å². The van der Waals surface area contributed by atoms with E-state index < -0.39 is 12.0 Å². The van der Waals surface area contributed by atoms with Crippen LogP contribution in [0.4, 0.5) is 0 Å². The van der Waals surface area contributed by atoms with Crippen molar-refractivity contribution in [3.8, 4) is 5.75 Å². The van der Waals surface area contributed by atoms with Crippen molar-refractivity contribution in [2.75, 3.05) is 0 Å². The Morgan fingerprint density at radius 1 is 1.57 bits per heavy atom. The lowest BCUT2D eigenvalue weighted by Gasteiger charge is -2.11. The molecule has 0 radical (unpaired) electrons. The van der Waals surface area contributed by atoms with Crippen molar-refractivity contribution in [1.82, 2.24) is 0 Å². The normalized spacial score (nSPS) is 12.4. The number of carboxylic acid groups (broad SMARTS) is 1. The number of phenolic OH excluding ortho intramolecular Hbond substituents is 1. The molecule has 4 nitrogen and oxygen atoms in total. The second-order valence-electron chi connectivity index (χ2n) is 2.91. The van der Waals surface area contributed by atoms with E-state index in [2.05, 4.69) is 15.9 Å². The molecule has 1 atom stereocenters. The monoisotopic (exact) mass is 259 g/mol. The fraction of sp³-hybridized carbons (Fsp3) is 0.222. The first-order valence-electron chi connectivity index (χ1n) is 3.96. The van der Waals surface area contributed by atoms with Crippen LogP contribution in [0, 0.1) is 0 Å². The Hall–Kier alpha value is -1.07. The Morgan fingerprint density at radius 3 is 2.71 bits per heavy atom. The van der Waals surface area contributed by atoms with Gasteiger partial charge in [-0.3, -0.25) is 4.79 Å². The van der Waals surface area contributed by atoms with Gasteiger partial charge in [-0.1, -0.05) is 22.0 Å². The van der Waals surface area contributed by atoms with Crippen LogP contribution in [0.1, 0.15) is 18.0 Å². The van der Waals surface area contributed by atoms with Crippen molar-refractivity contribution in [3.63, 3.8) is 0 Å². The van der Waals surface area contributed by atoms with Gasteiger partial charge in [0.15, 0.2) is 0 Å². The summed E-state index contributed by atoms with van der Waals surface area (Å²) >= 11 is 3.20. The van der Waals surface area contributed by atoms with Gasteiger partial charge >= 0.3 is 5.97 Å². The van der Waals surface area contributed by atoms with Crippen LogP contribution in [0.15, 0.2) is 22.7 Å². The van der Waals surface area contributed by atoms with Crippen molar-refractivity contribution in [1.29, 1.82) is 0 Å². The van der Waals surface area contributed by atoms with Gasteiger partial charge in [0, 0.05) is 10.5 Å². The van der Waals surface area contributed by atoms with Gasteiger partial charge in [0.2, 0.25) is 0 Å². The van der Waals surface area contributed by atoms with Crippen molar-refractivity contribution in [2.24, 2.45) is 5.73 Å². The second kappa shape index (κ2) is 4.43. The molecule has 0 saturated carbocycles. The number of aromatic hydroxyl groups is 1. The molecule has 0 saturated heterocycles. The Morgan fingerprint density at radius 2 is 2.21 bits per heavy atom. The fourth-order valence-corrected chi connectivity index (χ4v) is 1.78. The highest BCUT2D eigenvalue weighted by Crippen LogP contribution is 2.27. The molecule has 0 aromatic heterocycles. The number of aliphatic carboxylic acids is 1. The van der Waals surface area contributed by atoms with E-state index in [1.807, 2.05) is 0 Å². The predicted molar refractivity (Wildman–Crippen MR) is 55.0 cm³/mol. The third-order valence-corrected chi connectivity index (χ3v) is 2.46. The zero-order valence-electron chi connectivity index (χ0n) is 7.27. The molecule has 0 bridgehead atoms. The molecular formula is C9H10BrNO3. The molecule has 4 N–H and O–H groups in total. The minimum Gasteiger partial charge on any atom is -0.508 e. The van der Waals surface area contributed by atoms with Crippen molar-refractivity contribution >= 4 is 21.9 Å². The van der Waals surface area contributed by atoms with Gasteiger partial charge in [-0.05, 0) is 17.7 Å². The molecule has 0 aliphatic carbocycles. The number of benzene rings is 1. The summed E-state index contributed by atoms with van der Waals surface area (Å²) in [6, 6.07) is 3.99. The number of nitrogens with two attached hydrogens (primary N) is 1. The number of carboxylic acids is 1. The highest BCUT2D eigenvalue weighted by molar-refractivity contribution is 9.10. The van der Waals surface area contributed by atoms with E-state index in [1.54, 1.807) is 6.07 Å². The van der Waals surface area contributed by atoms with Crippen LogP contribution in [0.25, 0.3) is 0 Å². The summed E-state index contributed by atoms with van der Waals surface area (Å²) in [4.78, 5) is 10.4. The average Bonchev–Trinajstić information content (AvgIpc) is 2.01. The van der Waals surface area contributed by atoms with Crippen molar-refractivity contribution in [3.05, 3.63) is 28.2 Å². The Bertz CT molecular complexity index is 354. The molecule has 0 unspecified atom stereocenters. The fourth-order valence-electron chi connectivity index (χ4n) is 1.11. The number of carbonyl (C=O) groups is 1. The average molecular weight is 260 g/mol. The van der Waals surface area contributed by atoms with Gasteiger partial charge in [0.1, 0.15) is 5.75 Å². The Labute approximate surface area is 89.5 Å². The van der Waals surface area contributed by atoms with Gasteiger partial charge in [-0.2, -0.15) is 0 Å². The first-order chi connectivity index (χ1) is 6.50. The van der Waals surface area contributed by atoms with E-state index in [4.69, 9.17) is 15.9 Å². The molecule has 0 heterocycles. The van der Waals surface area contributed by atoms with Crippen molar-refractivity contribution < 1.29 is 15.0 Å². The lowest BCUT2D eigenvalue weighted by Crippen LogP contribution is -2.15. The SMILES string of the molecule is N[C@H](CC(=O)O)c1ccc(O)cc1Br. The quantitative estimate of drug-likeness (QED) is 0.771. The third kappa shape index (κ3) is 2.71. The van der Waals surface area contributed by atoms with Gasteiger partial charge in [-0.25, -0.2) is 0 Å². The third-order valence-electron chi connectivity index (χ3n) is 1.78. The van der Waals surface area contributed by atoms with Crippen LogP contribution in [0.2, 0.25) is 0 Å². The predicted octanol–water partition coefficient (Wildman–Crippen LogP) is 1.63. The number of phenols is 1. The topological polar surface area (TPSA) is 83.6 Å². The molecule has 0 spiro atoms. The van der Waals surface area contributed by atoms with E-state index in [0.29, 0.717) is 10.0 Å². The maximum atomic E-state index is 10.4. The Balaban J connectivity index is 2.90. The molecule has 1 aromatic rings. The molecule has 0 amide bonds. The van der Waals surface area contributed by atoms with Crippen LogP contribution in [-0.2, 0) is 4.79 Å². The van der Waals surface area contributed by atoms with Gasteiger partial charge in [0.05, 0.1) is 6.42 Å². The molecule has 14 heavy (non-hydrogen) atoms. The second-order valence-corrected chi connectivity index (χ2v) is 3.76. The zero-order chi connectivity index (χ0) is 10.7. The summed E-state index contributed by atoms with van der Waals surface area (Å²) in [5.41, 5.74) is 6.33. The molecule has 1 aromatic carbocycles. The maximum absolute atomic E-state index is 10.4. The summed E-state index contributed by atoms with van der Waals surface area (Å²) < 4.78 is 0.617. The van der Waals surface area contributed by atoms with Crippen LogP contribution >= 0.6 is 15.9 Å². The minimum atomic E-state index is -0.947. The van der Waals surface area contributed by atoms with Crippen LogP contribution in [0.5, 0.6) is 5.75 Å². The molecular weight excluding hydrogens is 250 g/mol. The van der Waals surface area contributed by atoms with Gasteiger partial charge in [-0.15, -0.1) is 0 Å².